The Labute approximate surface area is 304 Å². The average Bonchev–Trinajstić information content (AvgIpc) is 3.72. The maximum Gasteiger partial charge on any atom is 0.573 e. The number of anilines is 1. The summed E-state index contributed by atoms with van der Waals surface area (Å²) in [5.41, 5.74) is 1.78. The van der Waals surface area contributed by atoms with Crippen molar-refractivity contribution >= 4 is 35.3 Å². The second kappa shape index (κ2) is 16.0. The van der Waals surface area contributed by atoms with Crippen LogP contribution >= 0.6 is 11.6 Å². The zero-order chi connectivity index (χ0) is 37.0. The van der Waals surface area contributed by atoms with Gasteiger partial charge in [-0.2, -0.15) is 0 Å². The van der Waals surface area contributed by atoms with E-state index in [0.717, 1.165) is 39.0 Å². The first-order valence-electron chi connectivity index (χ1n) is 17.3. The number of piperazine rings is 1. The Balaban J connectivity index is 1.15. The average molecular weight is 747 g/mol. The first-order valence-corrected chi connectivity index (χ1v) is 17.6. The number of likely N-dealkylation sites (tertiary alicyclic amines) is 1. The van der Waals surface area contributed by atoms with Crippen molar-refractivity contribution in [1.29, 1.82) is 0 Å². The molecular formula is C35H42ClF3N8O5. The predicted octanol–water partition coefficient (Wildman–Crippen LogP) is 5.46. The van der Waals surface area contributed by atoms with Crippen molar-refractivity contribution in [3.63, 3.8) is 0 Å². The Bertz CT molecular complexity index is 1740. The van der Waals surface area contributed by atoms with E-state index in [0.29, 0.717) is 54.7 Å². The van der Waals surface area contributed by atoms with Gasteiger partial charge in [-0.05, 0) is 56.0 Å². The van der Waals surface area contributed by atoms with Gasteiger partial charge >= 0.3 is 18.5 Å². The molecule has 0 aliphatic carbocycles. The van der Waals surface area contributed by atoms with Crippen LogP contribution in [0.25, 0.3) is 22.4 Å². The molecule has 0 bridgehead atoms. The van der Waals surface area contributed by atoms with Gasteiger partial charge in [-0.15, -0.1) is 13.2 Å². The molecule has 3 aliphatic heterocycles. The Morgan fingerprint density at radius 1 is 1.02 bits per heavy atom. The molecule has 0 radical (unpaired) electrons. The Morgan fingerprint density at radius 3 is 2.38 bits per heavy atom. The van der Waals surface area contributed by atoms with Gasteiger partial charge in [0.15, 0.2) is 0 Å². The number of halogens is 4. The lowest BCUT2D eigenvalue weighted by atomic mass is 10.0. The van der Waals surface area contributed by atoms with Crippen LogP contribution in [0.1, 0.15) is 38.1 Å². The third-order valence-electron chi connectivity index (χ3n) is 9.75. The van der Waals surface area contributed by atoms with Crippen LogP contribution < -0.4 is 20.7 Å². The molecule has 1 aromatic heterocycles. The van der Waals surface area contributed by atoms with E-state index in [2.05, 4.69) is 35.3 Å². The van der Waals surface area contributed by atoms with Crippen LogP contribution in [-0.4, -0.2) is 115 Å². The number of carbonyl (C=O) groups excluding carboxylic acids is 3. The number of carbonyl (C=O) groups is 3. The number of rotatable bonds is 8. The van der Waals surface area contributed by atoms with Gasteiger partial charge in [0, 0.05) is 61.6 Å². The first-order chi connectivity index (χ1) is 24.9. The monoisotopic (exact) mass is 746 g/mol. The fourth-order valence-electron chi connectivity index (χ4n) is 7.14. The molecule has 3 saturated heterocycles. The van der Waals surface area contributed by atoms with Crippen LogP contribution in [-0.2, 0) is 9.53 Å². The molecule has 0 spiro atoms. The van der Waals surface area contributed by atoms with Gasteiger partial charge in [0.25, 0.3) is 0 Å². The number of hydrogen-bond donors (Lipinski definition) is 4. The Morgan fingerprint density at radius 2 is 1.71 bits per heavy atom. The normalized spacial score (nSPS) is 20.1. The van der Waals surface area contributed by atoms with E-state index in [4.69, 9.17) is 16.6 Å². The summed E-state index contributed by atoms with van der Waals surface area (Å²) in [6.45, 7) is 6.75. The van der Waals surface area contributed by atoms with Crippen LogP contribution in [0, 0.1) is 5.92 Å². The molecule has 1 unspecified atom stereocenters. The number of nitrogens with one attached hydrogen (secondary N) is 4. The van der Waals surface area contributed by atoms with Gasteiger partial charge in [0.05, 0.1) is 13.2 Å². The molecular weight excluding hydrogens is 705 g/mol. The Kier molecular flexibility index (Phi) is 11.5. The number of benzene rings is 2. The number of ether oxygens (including phenoxy) is 2. The largest absolute Gasteiger partial charge is 0.573 e. The van der Waals surface area contributed by atoms with Gasteiger partial charge in [-0.3, -0.25) is 9.69 Å². The number of amides is 4. The number of hydrogen-bond acceptors (Lipinski definition) is 8. The molecule has 52 heavy (non-hydrogen) atoms. The third kappa shape index (κ3) is 8.90. The van der Waals surface area contributed by atoms with Crippen molar-refractivity contribution in [2.24, 2.45) is 5.92 Å². The summed E-state index contributed by atoms with van der Waals surface area (Å²) in [6, 6.07) is 10.5. The molecule has 0 saturated carbocycles. The molecule has 17 heteroatoms. The minimum atomic E-state index is -4.97. The van der Waals surface area contributed by atoms with Crippen LogP contribution in [0.4, 0.5) is 28.4 Å². The lowest BCUT2D eigenvalue weighted by Gasteiger charge is -2.40. The molecule has 3 aromatic rings. The summed E-state index contributed by atoms with van der Waals surface area (Å²) in [5.74, 6) is -0.115. The Hall–Kier alpha value is -4.54. The zero-order valence-electron chi connectivity index (χ0n) is 28.9. The number of nitrogens with zero attached hydrogens (tertiary/aromatic N) is 4. The highest BCUT2D eigenvalue weighted by atomic mass is 35.5. The SMILES string of the molecule is COC(=O)NCC(=O)N1C[C@@H](C)CC1c1nc(-c2ccc(-c3ccc(NC(=O)N4CCN(C5CCNCC5)CC4)cc3OC(F)(F)F)cc2)c(Cl)[nH]1. The molecule has 2 atom stereocenters. The molecule has 280 valence electrons. The van der Waals surface area contributed by atoms with Gasteiger partial charge < -0.3 is 40.2 Å². The van der Waals surface area contributed by atoms with Gasteiger partial charge in [0.2, 0.25) is 5.91 Å². The fraction of sp³-hybridized carbons (Fsp3) is 0.486. The summed E-state index contributed by atoms with van der Waals surface area (Å²) < 4.78 is 49.7. The quantitative estimate of drug-likeness (QED) is 0.238. The van der Waals surface area contributed by atoms with Gasteiger partial charge in [0.1, 0.15) is 29.0 Å². The fourth-order valence-corrected chi connectivity index (χ4v) is 7.39. The lowest BCUT2D eigenvalue weighted by Crippen LogP contribution is -2.54. The van der Waals surface area contributed by atoms with Crippen LogP contribution in [0.2, 0.25) is 5.15 Å². The van der Waals surface area contributed by atoms with E-state index in [1.807, 2.05) is 6.92 Å². The zero-order valence-corrected chi connectivity index (χ0v) is 29.6. The molecule has 2 aromatic carbocycles. The highest BCUT2D eigenvalue weighted by Crippen LogP contribution is 2.39. The number of alkyl halides is 3. The maximum atomic E-state index is 13.6. The van der Waals surface area contributed by atoms with Crippen molar-refractivity contribution in [1.82, 2.24) is 35.3 Å². The van der Waals surface area contributed by atoms with E-state index in [1.165, 1.54) is 19.2 Å². The van der Waals surface area contributed by atoms with E-state index in [-0.39, 0.29) is 40.8 Å². The number of alkyl carbamates (subject to hydrolysis) is 1. The van der Waals surface area contributed by atoms with Crippen LogP contribution in [0.5, 0.6) is 5.75 Å². The summed E-state index contributed by atoms with van der Waals surface area (Å²) in [7, 11) is 1.21. The van der Waals surface area contributed by atoms with Crippen molar-refractivity contribution in [3.05, 3.63) is 53.4 Å². The number of methoxy groups -OCH3 is 1. The number of imidazole rings is 1. The summed E-state index contributed by atoms with van der Waals surface area (Å²) in [4.78, 5) is 51.0. The van der Waals surface area contributed by atoms with Gasteiger partial charge in [-0.25, -0.2) is 14.6 Å². The van der Waals surface area contributed by atoms with Crippen LogP contribution in [0.3, 0.4) is 0 Å². The molecule has 13 nitrogen and oxygen atoms in total. The van der Waals surface area contributed by atoms with Crippen LogP contribution in [0.15, 0.2) is 42.5 Å². The maximum absolute atomic E-state index is 13.6. The highest BCUT2D eigenvalue weighted by molar-refractivity contribution is 6.31. The van der Waals surface area contributed by atoms with Crippen molar-refractivity contribution in [2.75, 3.05) is 64.8 Å². The number of aromatic nitrogens is 2. The summed E-state index contributed by atoms with van der Waals surface area (Å²) in [5, 5.41) is 8.74. The lowest BCUT2D eigenvalue weighted by molar-refractivity contribution is -0.274. The molecule has 4 heterocycles. The van der Waals surface area contributed by atoms with Crippen molar-refractivity contribution in [2.45, 2.75) is 44.6 Å². The number of urea groups is 1. The molecule has 3 fully saturated rings. The predicted molar refractivity (Wildman–Crippen MR) is 188 cm³/mol. The molecule has 4 amide bonds. The minimum absolute atomic E-state index is 0.168. The second-order valence-electron chi connectivity index (χ2n) is 13.3. The van der Waals surface area contributed by atoms with E-state index < -0.39 is 24.2 Å². The topological polar surface area (TPSA) is 144 Å². The molecule has 4 N–H and O–H groups in total. The summed E-state index contributed by atoms with van der Waals surface area (Å²) >= 11 is 6.57. The highest BCUT2D eigenvalue weighted by Gasteiger charge is 2.37. The van der Waals surface area contributed by atoms with Crippen molar-refractivity contribution < 1.29 is 37.0 Å². The standard InChI is InChI=1S/C35H42ClF3N8O5/c1-21-17-27(47(20-21)29(48)19-41-34(50)51-2)32-43-30(31(36)44-32)23-5-3-22(4-6-23)26-8-7-24(18-28(26)52-35(37,38)39)42-33(49)46-15-13-45(14-16-46)25-9-11-40-12-10-25/h3-8,18,21,25,27,40H,9-17,19-20H2,1-2H3,(H,41,50)(H,42,49)(H,43,44)/t21-,27?/m0/s1. The molecule has 6 rings (SSSR count). The third-order valence-corrected chi connectivity index (χ3v) is 10.0. The van der Waals surface area contributed by atoms with E-state index in [1.54, 1.807) is 40.1 Å². The number of H-pyrrole nitrogens is 1. The van der Waals surface area contributed by atoms with Gasteiger partial charge in [-0.1, -0.05) is 42.8 Å². The van der Waals surface area contributed by atoms with E-state index >= 15 is 0 Å². The summed E-state index contributed by atoms with van der Waals surface area (Å²) in [6.07, 6.45) is -2.91. The first kappa shape index (κ1) is 37.2. The number of aromatic amines is 1. The smallest absolute Gasteiger partial charge is 0.453 e. The number of piperidine rings is 1. The second-order valence-corrected chi connectivity index (χ2v) is 13.7. The minimum Gasteiger partial charge on any atom is -0.453 e. The van der Waals surface area contributed by atoms with Crippen molar-refractivity contribution in [3.8, 4) is 28.1 Å². The molecule has 3 aliphatic rings. The van der Waals surface area contributed by atoms with E-state index in [9.17, 15) is 27.6 Å².